The van der Waals surface area contributed by atoms with Crippen molar-refractivity contribution in [2.75, 3.05) is 44.2 Å². The predicted molar refractivity (Wildman–Crippen MR) is 108 cm³/mol. The third-order valence-electron chi connectivity index (χ3n) is 4.80. The van der Waals surface area contributed by atoms with Gasteiger partial charge < -0.3 is 9.64 Å². The van der Waals surface area contributed by atoms with Crippen LogP contribution in [0.1, 0.15) is 6.42 Å². The van der Waals surface area contributed by atoms with E-state index >= 15 is 0 Å². The van der Waals surface area contributed by atoms with E-state index in [2.05, 4.69) is 31.4 Å². The number of anilines is 1. The molecule has 1 aliphatic rings. The van der Waals surface area contributed by atoms with Crippen LogP contribution in [-0.2, 0) is 10.0 Å². The number of ether oxygens (including phenoxy) is 1. The fraction of sp³-hybridized carbons (Fsp3) is 0.400. The molecule has 1 N–H and O–H groups in total. The Morgan fingerprint density at radius 1 is 0.933 bits per heavy atom. The van der Waals surface area contributed by atoms with E-state index in [0.29, 0.717) is 6.42 Å². The van der Waals surface area contributed by atoms with Gasteiger partial charge in [-0.2, -0.15) is 0 Å². The van der Waals surface area contributed by atoms with E-state index in [1.165, 1.54) is 5.69 Å². The van der Waals surface area contributed by atoms with Crippen molar-refractivity contribution in [2.24, 2.45) is 0 Å². The summed E-state index contributed by atoms with van der Waals surface area (Å²) >= 11 is 0. The number of nitrogens with one attached hydrogen (secondary N) is 1. The maximum absolute atomic E-state index is 12.3. The first-order valence-electron chi connectivity index (χ1n) is 9.61. The highest BCUT2D eigenvalue weighted by Crippen LogP contribution is 2.23. The molecule has 1 fully saturated rings. The molecule has 0 saturated carbocycles. The first-order valence-corrected chi connectivity index (χ1v) is 11.1. The highest BCUT2D eigenvalue weighted by atomic mass is 32.2. The van der Waals surface area contributed by atoms with Crippen molar-refractivity contribution in [1.29, 1.82) is 0 Å². The summed E-state index contributed by atoms with van der Waals surface area (Å²) in [5, 5.41) is 0. The third-order valence-corrected chi connectivity index (χ3v) is 6.28. The molecule has 2 aromatic rings. The fourth-order valence-electron chi connectivity index (χ4n) is 3.28. The molecular formula is C20H24F3N3O3S. The number of hydrogen-bond acceptors (Lipinski definition) is 5. The predicted octanol–water partition coefficient (Wildman–Crippen LogP) is 3.08. The fourth-order valence-corrected chi connectivity index (χ4v) is 4.36. The molecule has 0 aromatic heterocycles. The van der Waals surface area contributed by atoms with Gasteiger partial charge in [0.25, 0.3) is 0 Å². The average Bonchev–Trinajstić information content (AvgIpc) is 2.72. The quantitative estimate of drug-likeness (QED) is 0.636. The lowest BCUT2D eigenvalue weighted by atomic mass is 10.2. The third kappa shape index (κ3) is 6.61. The zero-order valence-electron chi connectivity index (χ0n) is 16.3. The van der Waals surface area contributed by atoms with Crippen molar-refractivity contribution in [3.05, 3.63) is 54.6 Å². The van der Waals surface area contributed by atoms with Crippen molar-refractivity contribution < 1.29 is 26.3 Å². The van der Waals surface area contributed by atoms with Gasteiger partial charge in [0.05, 0.1) is 4.90 Å². The summed E-state index contributed by atoms with van der Waals surface area (Å²) in [6.07, 6.45) is -4.18. The van der Waals surface area contributed by atoms with E-state index in [4.69, 9.17) is 0 Å². The smallest absolute Gasteiger partial charge is 0.406 e. The topological polar surface area (TPSA) is 61.9 Å². The molecule has 0 spiro atoms. The Kier molecular flexibility index (Phi) is 7.22. The zero-order chi connectivity index (χ0) is 21.6. The summed E-state index contributed by atoms with van der Waals surface area (Å²) in [5.74, 6) is -0.462. The largest absolute Gasteiger partial charge is 0.573 e. The number of benzene rings is 2. The Bertz CT molecular complexity index is 898. The highest BCUT2D eigenvalue weighted by molar-refractivity contribution is 7.89. The molecular weight excluding hydrogens is 419 g/mol. The van der Waals surface area contributed by atoms with Crippen LogP contribution >= 0.6 is 0 Å². The molecule has 10 heteroatoms. The molecule has 0 radical (unpaired) electrons. The molecule has 0 bridgehead atoms. The molecule has 164 valence electrons. The lowest BCUT2D eigenvalue weighted by molar-refractivity contribution is -0.274. The normalized spacial score (nSPS) is 15.9. The first kappa shape index (κ1) is 22.4. The standard InChI is InChI=1S/C20H24F3N3O3S/c21-20(22,23)29-18-7-9-19(10-8-18)30(27,28)24-11-4-12-25-13-15-26(16-14-25)17-5-2-1-3-6-17/h1-3,5-10,24H,4,11-16H2. The summed E-state index contributed by atoms with van der Waals surface area (Å²) in [7, 11) is -3.78. The minimum atomic E-state index is -4.81. The van der Waals surface area contributed by atoms with Gasteiger partial charge in [-0.3, -0.25) is 4.90 Å². The maximum atomic E-state index is 12.3. The van der Waals surface area contributed by atoms with Crippen molar-refractivity contribution >= 4 is 15.7 Å². The van der Waals surface area contributed by atoms with E-state index in [0.717, 1.165) is 57.0 Å². The molecule has 6 nitrogen and oxygen atoms in total. The van der Waals surface area contributed by atoms with Crippen LogP contribution in [0.2, 0.25) is 0 Å². The van der Waals surface area contributed by atoms with Gasteiger partial charge in [0.2, 0.25) is 10.0 Å². The number of nitrogens with zero attached hydrogens (tertiary/aromatic N) is 2. The van der Waals surface area contributed by atoms with Crippen molar-refractivity contribution in [3.63, 3.8) is 0 Å². The van der Waals surface area contributed by atoms with Gasteiger partial charge in [0.1, 0.15) is 5.75 Å². The zero-order valence-corrected chi connectivity index (χ0v) is 17.1. The number of rotatable bonds is 8. The number of halogens is 3. The number of sulfonamides is 1. The van der Waals surface area contributed by atoms with Crippen LogP contribution in [-0.4, -0.2) is 58.9 Å². The molecule has 3 rings (SSSR count). The summed E-state index contributed by atoms with van der Waals surface area (Å²) in [4.78, 5) is 4.51. The minimum absolute atomic E-state index is 0.103. The monoisotopic (exact) mass is 443 g/mol. The van der Waals surface area contributed by atoms with E-state index in [1.807, 2.05) is 18.2 Å². The summed E-state index contributed by atoms with van der Waals surface area (Å²) in [6.45, 7) is 4.67. The van der Waals surface area contributed by atoms with Crippen molar-refractivity contribution in [1.82, 2.24) is 9.62 Å². The first-order chi connectivity index (χ1) is 14.2. The van der Waals surface area contributed by atoms with Gasteiger partial charge in [-0.05, 0) is 49.4 Å². The molecule has 30 heavy (non-hydrogen) atoms. The lowest BCUT2D eigenvalue weighted by Crippen LogP contribution is -2.47. The van der Waals surface area contributed by atoms with Gasteiger partial charge in [-0.15, -0.1) is 13.2 Å². The number of hydrogen-bond donors (Lipinski definition) is 1. The molecule has 0 aliphatic carbocycles. The minimum Gasteiger partial charge on any atom is -0.406 e. The van der Waals surface area contributed by atoms with E-state index < -0.39 is 22.1 Å². The number of piperazine rings is 1. The molecule has 0 unspecified atom stereocenters. The van der Waals surface area contributed by atoms with E-state index in [9.17, 15) is 21.6 Å². The van der Waals surface area contributed by atoms with Crippen LogP contribution in [0.15, 0.2) is 59.5 Å². The highest BCUT2D eigenvalue weighted by Gasteiger charge is 2.31. The summed E-state index contributed by atoms with van der Waals surface area (Å²) in [5.41, 5.74) is 1.21. The second kappa shape index (κ2) is 9.67. The van der Waals surface area contributed by atoms with Gasteiger partial charge in [0, 0.05) is 38.4 Å². The van der Waals surface area contributed by atoms with Crippen LogP contribution in [0.5, 0.6) is 5.75 Å². The summed E-state index contributed by atoms with van der Waals surface area (Å²) in [6, 6.07) is 14.3. The Labute approximate surface area is 174 Å². The molecule has 1 heterocycles. The van der Waals surface area contributed by atoms with Crippen molar-refractivity contribution in [2.45, 2.75) is 17.7 Å². The number of para-hydroxylation sites is 1. The number of alkyl halides is 3. The van der Waals surface area contributed by atoms with Gasteiger partial charge in [-0.1, -0.05) is 18.2 Å². The van der Waals surface area contributed by atoms with Crippen molar-refractivity contribution in [3.8, 4) is 5.75 Å². The van der Waals surface area contributed by atoms with Crippen LogP contribution in [0.25, 0.3) is 0 Å². The van der Waals surface area contributed by atoms with Crippen LogP contribution in [0.4, 0.5) is 18.9 Å². The Morgan fingerprint density at radius 2 is 1.57 bits per heavy atom. The van der Waals surface area contributed by atoms with E-state index in [-0.39, 0.29) is 11.4 Å². The van der Waals surface area contributed by atoms with Gasteiger partial charge in [-0.25, -0.2) is 13.1 Å². The second-order valence-electron chi connectivity index (χ2n) is 6.93. The Morgan fingerprint density at radius 3 is 2.17 bits per heavy atom. The molecule has 2 aromatic carbocycles. The average molecular weight is 443 g/mol. The maximum Gasteiger partial charge on any atom is 0.573 e. The lowest BCUT2D eigenvalue weighted by Gasteiger charge is -2.36. The SMILES string of the molecule is O=S(=O)(NCCCN1CCN(c2ccccc2)CC1)c1ccc(OC(F)(F)F)cc1. The Hall–Kier alpha value is -2.30. The van der Waals surface area contributed by atoms with Crippen LogP contribution in [0.3, 0.4) is 0 Å². The molecule has 1 aliphatic heterocycles. The van der Waals surface area contributed by atoms with E-state index in [1.54, 1.807) is 0 Å². The second-order valence-corrected chi connectivity index (χ2v) is 8.70. The van der Waals surface area contributed by atoms with Gasteiger partial charge >= 0.3 is 6.36 Å². The molecule has 1 saturated heterocycles. The molecule has 0 atom stereocenters. The Balaban J connectivity index is 1.40. The van der Waals surface area contributed by atoms with Crippen LogP contribution < -0.4 is 14.4 Å². The van der Waals surface area contributed by atoms with Gasteiger partial charge in [0.15, 0.2) is 0 Å². The van der Waals surface area contributed by atoms with Crippen LogP contribution in [0, 0.1) is 0 Å². The molecule has 0 amide bonds. The summed E-state index contributed by atoms with van der Waals surface area (Å²) < 4.78 is 67.4.